The van der Waals surface area contributed by atoms with E-state index in [0.29, 0.717) is 12.6 Å². The highest BCUT2D eigenvalue weighted by Crippen LogP contribution is 2.13. The summed E-state index contributed by atoms with van der Waals surface area (Å²) < 4.78 is 1.98. The lowest BCUT2D eigenvalue weighted by molar-refractivity contribution is 0.225. The van der Waals surface area contributed by atoms with Gasteiger partial charge in [0.2, 0.25) is 0 Å². The molecule has 1 atom stereocenters. The molecule has 2 N–H and O–H groups in total. The Morgan fingerprint density at radius 1 is 1.28 bits per heavy atom. The third kappa shape index (κ3) is 5.90. The highest BCUT2D eigenvalue weighted by Gasteiger charge is 2.20. The first-order valence-corrected chi connectivity index (χ1v) is 10.4. The summed E-state index contributed by atoms with van der Waals surface area (Å²) in [4.78, 5) is 7.26. The van der Waals surface area contributed by atoms with Gasteiger partial charge in [0.05, 0.1) is 6.04 Å². The van der Waals surface area contributed by atoms with Crippen molar-refractivity contribution in [2.75, 3.05) is 19.6 Å². The predicted molar refractivity (Wildman–Crippen MR) is 118 cm³/mol. The second-order valence-corrected chi connectivity index (χ2v) is 7.67. The molecule has 0 amide bonds. The minimum absolute atomic E-state index is 0.157. The van der Waals surface area contributed by atoms with Gasteiger partial charge >= 0.3 is 0 Å². The normalized spacial score (nSPS) is 17.1. The molecule has 3 rings (SSSR count). The van der Waals surface area contributed by atoms with Crippen molar-refractivity contribution in [1.29, 1.82) is 0 Å². The lowest BCUT2D eigenvalue weighted by atomic mass is 10.1. The maximum absolute atomic E-state index is 4.82. The van der Waals surface area contributed by atoms with Crippen LogP contribution in [-0.2, 0) is 13.6 Å². The van der Waals surface area contributed by atoms with Gasteiger partial charge in [0.25, 0.3) is 0 Å². The Morgan fingerprint density at radius 2 is 2.00 bits per heavy atom. The van der Waals surface area contributed by atoms with Crippen molar-refractivity contribution >= 4 is 5.96 Å². The van der Waals surface area contributed by atoms with Gasteiger partial charge in [0.15, 0.2) is 11.8 Å². The van der Waals surface area contributed by atoms with Crippen LogP contribution in [-0.4, -0.2) is 51.3 Å². The van der Waals surface area contributed by atoms with Crippen LogP contribution in [0.15, 0.2) is 48.0 Å². The van der Waals surface area contributed by atoms with Gasteiger partial charge in [-0.3, -0.25) is 4.90 Å². The summed E-state index contributed by atoms with van der Waals surface area (Å²) in [5.74, 6) is 2.57. The Kier molecular flexibility index (Phi) is 7.41. The molecular formula is C22H33N7. The van der Waals surface area contributed by atoms with Gasteiger partial charge in [0.1, 0.15) is 12.4 Å². The molecule has 1 fully saturated rings. The average molecular weight is 396 g/mol. The number of benzene rings is 1. The predicted octanol–water partition coefficient (Wildman–Crippen LogP) is 2.57. The molecule has 2 heterocycles. The van der Waals surface area contributed by atoms with E-state index in [0.717, 1.165) is 50.1 Å². The first-order valence-electron chi connectivity index (χ1n) is 10.4. The largest absolute Gasteiger partial charge is 0.354 e. The molecule has 1 saturated heterocycles. The van der Waals surface area contributed by atoms with Gasteiger partial charge in [-0.25, -0.2) is 4.99 Å². The number of aliphatic imine (C=N–C) groups is 1. The zero-order chi connectivity index (χ0) is 20.6. The summed E-state index contributed by atoms with van der Waals surface area (Å²) in [5.41, 5.74) is 1.23. The molecule has 0 spiro atoms. The molecule has 2 aromatic rings. The summed E-state index contributed by atoms with van der Waals surface area (Å²) in [6, 6.07) is 11.0. The number of nitrogens with zero attached hydrogens (tertiary/aromatic N) is 5. The highest BCUT2D eigenvalue weighted by molar-refractivity contribution is 5.80. The van der Waals surface area contributed by atoms with Gasteiger partial charge in [-0.2, -0.15) is 0 Å². The first kappa shape index (κ1) is 21.0. The summed E-state index contributed by atoms with van der Waals surface area (Å²) in [7, 11) is 1.97. The number of hydrogen-bond acceptors (Lipinski definition) is 4. The third-order valence-electron chi connectivity index (χ3n) is 5.53. The lowest BCUT2D eigenvalue weighted by Gasteiger charge is -2.33. The fourth-order valence-electron chi connectivity index (χ4n) is 3.54. The molecule has 1 aromatic heterocycles. The van der Waals surface area contributed by atoms with Crippen molar-refractivity contribution < 1.29 is 0 Å². The minimum atomic E-state index is 0.157. The van der Waals surface area contributed by atoms with Crippen LogP contribution >= 0.6 is 0 Å². The molecule has 29 heavy (non-hydrogen) atoms. The number of aryl methyl sites for hydroxylation is 1. The quantitative estimate of drug-likeness (QED) is 0.428. The van der Waals surface area contributed by atoms with Gasteiger partial charge in [-0.15, -0.1) is 16.8 Å². The van der Waals surface area contributed by atoms with Crippen molar-refractivity contribution in [1.82, 2.24) is 30.3 Å². The highest BCUT2D eigenvalue weighted by atomic mass is 15.3. The zero-order valence-electron chi connectivity index (χ0n) is 17.8. The molecule has 1 aliphatic heterocycles. The van der Waals surface area contributed by atoms with E-state index in [1.165, 1.54) is 5.56 Å². The fraction of sp³-hybridized carbons (Fsp3) is 0.500. The lowest BCUT2D eigenvalue weighted by Crippen LogP contribution is -2.49. The molecule has 7 heteroatoms. The molecule has 0 aliphatic carbocycles. The van der Waals surface area contributed by atoms with Crippen molar-refractivity contribution in [3.05, 3.63) is 60.2 Å². The summed E-state index contributed by atoms with van der Waals surface area (Å²) >= 11 is 0. The van der Waals surface area contributed by atoms with Crippen molar-refractivity contribution in [3.8, 4) is 0 Å². The Balaban J connectivity index is 1.68. The Labute approximate surface area is 173 Å². The minimum Gasteiger partial charge on any atom is -0.354 e. The van der Waals surface area contributed by atoms with Gasteiger partial charge < -0.3 is 15.2 Å². The molecule has 1 aliphatic rings. The van der Waals surface area contributed by atoms with E-state index >= 15 is 0 Å². The average Bonchev–Trinajstić information content (AvgIpc) is 3.06. The van der Waals surface area contributed by atoms with E-state index in [9.17, 15) is 0 Å². The number of aromatic nitrogens is 3. The van der Waals surface area contributed by atoms with E-state index < -0.39 is 0 Å². The van der Waals surface area contributed by atoms with E-state index in [2.05, 4.69) is 63.5 Å². The number of nitrogens with one attached hydrogen (secondary N) is 2. The third-order valence-corrected chi connectivity index (χ3v) is 5.53. The standard InChI is InChI=1S/C22H33N7/c1-5-13-29-14-11-20(12-15-29)25-22(23-16-21-27-26-18(3)28(21)4)24-17(2)19-9-7-6-8-10-19/h5-10,17,20H,1,11-16H2,2-4H3,(H2,23,24,25). The number of rotatable bonds is 7. The van der Waals surface area contributed by atoms with Crippen molar-refractivity contribution in [2.24, 2.45) is 12.0 Å². The van der Waals surface area contributed by atoms with Crippen LogP contribution in [0.1, 0.15) is 43.0 Å². The number of guanidine groups is 1. The summed E-state index contributed by atoms with van der Waals surface area (Å²) in [6.07, 6.45) is 4.17. The Bertz CT molecular complexity index is 804. The van der Waals surface area contributed by atoms with Crippen LogP contribution < -0.4 is 10.6 Å². The van der Waals surface area contributed by atoms with Gasteiger partial charge in [0, 0.05) is 32.7 Å². The van der Waals surface area contributed by atoms with Crippen LogP contribution in [0, 0.1) is 6.92 Å². The van der Waals surface area contributed by atoms with E-state index in [1.54, 1.807) is 0 Å². The molecule has 1 aromatic carbocycles. The molecule has 0 radical (unpaired) electrons. The monoisotopic (exact) mass is 395 g/mol. The van der Waals surface area contributed by atoms with Crippen molar-refractivity contribution in [2.45, 2.75) is 45.3 Å². The summed E-state index contributed by atoms with van der Waals surface area (Å²) in [6.45, 7) is 11.6. The second-order valence-electron chi connectivity index (χ2n) is 7.67. The second kappa shape index (κ2) is 10.2. The molecule has 0 saturated carbocycles. The van der Waals surface area contributed by atoms with E-state index in [4.69, 9.17) is 4.99 Å². The maximum atomic E-state index is 4.82. The van der Waals surface area contributed by atoms with Crippen LogP contribution in [0.4, 0.5) is 0 Å². The molecular weight excluding hydrogens is 362 g/mol. The Morgan fingerprint density at radius 3 is 2.62 bits per heavy atom. The number of likely N-dealkylation sites (tertiary alicyclic amines) is 1. The zero-order valence-corrected chi connectivity index (χ0v) is 17.8. The van der Waals surface area contributed by atoms with Crippen LogP contribution in [0.3, 0.4) is 0 Å². The Hall–Kier alpha value is -2.67. The van der Waals surface area contributed by atoms with Crippen LogP contribution in [0.25, 0.3) is 0 Å². The molecule has 1 unspecified atom stereocenters. The fourth-order valence-corrected chi connectivity index (χ4v) is 3.54. The van der Waals surface area contributed by atoms with Crippen LogP contribution in [0.2, 0.25) is 0 Å². The van der Waals surface area contributed by atoms with E-state index in [-0.39, 0.29) is 6.04 Å². The SMILES string of the molecule is C=CCN1CCC(NC(=NCc2nnc(C)n2C)NC(C)c2ccccc2)CC1. The van der Waals surface area contributed by atoms with Gasteiger partial charge in [-0.05, 0) is 32.3 Å². The maximum Gasteiger partial charge on any atom is 0.192 e. The van der Waals surface area contributed by atoms with Crippen molar-refractivity contribution in [3.63, 3.8) is 0 Å². The smallest absolute Gasteiger partial charge is 0.192 e. The van der Waals surface area contributed by atoms with Crippen LogP contribution in [0.5, 0.6) is 0 Å². The van der Waals surface area contributed by atoms with E-state index in [1.807, 2.05) is 30.7 Å². The summed E-state index contributed by atoms with van der Waals surface area (Å²) in [5, 5.41) is 15.6. The molecule has 0 bridgehead atoms. The molecule has 156 valence electrons. The number of piperidine rings is 1. The molecule has 7 nitrogen and oxygen atoms in total. The topological polar surface area (TPSA) is 70.4 Å². The van der Waals surface area contributed by atoms with Gasteiger partial charge in [-0.1, -0.05) is 36.4 Å². The first-order chi connectivity index (χ1) is 14.1. The number of hydrogen-bond donors (Lipinski definition) is 2.